The Morgan fingerprint density at radius 3 is 2.43 bits per heavy atom. The second-order valence-electron chi connectivity index (χ2n) is 8.47. The van der Waals surface area contributed by atoms with Gasteiger partial charge < -0.3 is 9.47 Å². The molecule has 28 heavy (non-hydrogen) atoms. The van der Waals surface area contributed by atoms with Gasteiger partial charge in [-0.2, -0.15) is 5.26 Å². The summed E-state index contributed by atoms with van der Waals surface area (Å²) in [6, 6.07) is 18.7. The Morgan fingerprint density at radius 2 is 1.79 bits per heavy atom. The summed E-state index contributed by atoms with van der Waals surface area (Å²) in [5.41, 5.74) is 0.544. The predicted octanol–water partition coefficient (Wildman–Crippen LogP) is 5.91. The van der Waals surface area contributed by atoms with Crippen LogP contribution in [0, 0.1) is 34.5 Å². The topological polar surface area (TPSA) is 59.3 Å². The molecule has 0 aromatic heterocycles. The summed E-state index contributed by atoms with van der Waals surface area (Å²) in [5.74, 6) is 1.73. The highest BCUT2D eigenvalue weighted by Gasteiger charge is 2.62. The monoisotopic (exact) mass is 377 g/mol. The van der Waals surface area contributed by atoms with Crippen LogP contribution in [-0.4, -0.2) is 5.97 Å². The van der Waals surface area contributed by atoms with E-state index >= 15 is 0 Å². The lowest BCUT2D eigenvalue weighted by molar-refractivity contribution is -0.149. The molecule has 2 aromatic carbocycles. The fourth-order valence-corrected chi connectivity index (χ4v) is 3.88. The standard InChI is InChI=1S/C24H27NO3/c1-16(2)13-20-22(24(20,3)4)23(26)28-21(15-25)17-9-8-12-19(14-17)27-18-10-6-5-7-11-18/h5-12,14,16,20-22H,13H2,1-4H3. The van der Waals surface area contributed by atoms with E-state index in [1.54, 1.807) is 18.2 Å². The van der Waals surface area contributed by atoms with Crippen LogP contribution in [-0.2, 0) is 9.53 Å². The largest absolute Gasteiger partial charge is 0.457 e. The first-order valence-corrected chi connectivity index (χ1v) is 9.76. The fraction of sp³-hybridized carbons (Fsp3) is 0.417. The molecule has 3 unspecified atom stereocenters. The van der Waals surface area contributed by atoms with Gasteiger partial charge in [0.1, 0.15) is 17.6 Å². The lowest BCUT2D eigenvalue weighted by Gasteiger charge is -2.13. The van der Waals surface area contributed by atoms with Crippen molar-refractivity contribution in [2.45, 2.75) is 40.2 Å². The number of benzene rings is 2. The number of hydrogen-bond donors (Lipinski definition) is 0. The average molecular weight is 377 g/mol. The smallest absolute Gasteiger partial charge is 0.311 e. The van der Waals surface area contributed by atoms with Gasteiger partial charge in [-0.25, -0.2) is 0 Å². The van der Waals surface area contributed by atoms with E-state index in [0.717, 1.165) is 6.42 Å². The van der Waals surface area contributed by atoms with Crippen molar-refractivity contribution in [2.75, 3.05) is 0 Å². The van der Waals surface area contributed by atoms with Crippen LogP contribution >= 0.6 is 0 Å². The second kappa shape index (κ2) is 8.06. The van der Waals surface area contributed by atoms with Crippen LogP contribution in [0.5, 0.6) is 11.5 Å². The van der Waals surface area contributed by atoms with Gasteiger partial charge >= 0.3 is 5.97 Å². The Labute approximate surface area is 167 Å². The molecule has 1 aliphatic rings. The molecule has 0 aliphatic heterocycles. The number of carbonyl (C=O) groups excluding carboxylic acids is 1. The summed E-state index contributed by atoms with van der Waals surface area (Å²) >= 11 is 0. The summed E-state index contributed by atoms with van der Waals surface area (Å²) in [5, 5.41) is 9.58. The minimum Gasteiger partial charge on any atom is -0.457 e. The molecule has 2 aromatic rings. The lowest BCUT2D eigenvalue weighted by atomic mass is 10.0. The van der Waals surface area contributed by atoms with Gasteiger partial charge in [-0.15, -0.1) is 0 Å². The van der Waals surface area contributed by atoms with E-state index in [0.29, 0.717) is 28.9 Å². The maximum absolute atomic E-state index is 12.7. The van der Waals surface area contributed by atoms with Crippen molar-refractivity contribution in [3.05, 3.63) is 60.2 Å². The minimum absolute atomic E-state index is 0.0698. The van der Waals surface area contributed by atoms with E-state index in [9.17, 15) is 10.1 Å². The molecule has 1 fully saturated rings. The zero-order valence-corrected chi connectivity index (χ0v) is 16.9. The Bertz CT molecular complexity index is 867. The molecular weight excluding hydrogens is 350 g/mol. The second-order valence-corrected chi connectivity index (χ2v) is 8.47. The number of esters is 1. The van der Waals surface area contributed by atoms with E-state index in [2.05, 4.69) is 33.8 Å². The molecule has 0 radical (unpaired) electrons. The van der Waals surface area contributed by atoms with E-state index < -0.39 is 6.10 Å². The van der Waals surface area contributed by atoms with E-state index in [-0.39, 0.29) is 17.3 Å². The normalized spacial score (nSPS) is 20.9. The number of rotatable bonds is 7. The van der Waals surface area contributed by atoms with Gasteiger partial charge in [-0.1, -0.05) is 58.0 Å². The third kappa shape index (κ3) is 4.36. The van der Waals surface area contributed by atoms with Crippen LogP contribution in [0.1, 0.15) is 45.8 Å². The summed E-state index contributed by atoms with van der Waals surface area (Å²) in [6.07, 6.45) is 0.0487. The number of carbonyl (C=O) groups is 1. The summed E-state index contributed by atoms with van der Waals surface area (Å²) in [4.78, 5) is 12.7. The molecule has 146 valence electrons. The van der Waals surface area contributed by atoms with Crippen molar-refractivity contribution in [1.82, 2.24) is 0 Å². The van der Waals surface area contributed by atoms with E-state index in [1.165, 1.54) is 0 Å². The zero-order chi connectivity index (χ0) is 20.3. The van der Waals surface area contributed by atoms with E-state index in [4.69, 9.17) is 9.47 Å². The third-order valence-corrected chi connectivity index (χ3v) is 5.52. The van der Waals surface area contributed by atoms with Crippen LogP contribution in [0.3, 0.4) is 0 Å². The number of ether oxygens (including phenoxy) is 2. The highest BCUT2D eigenvalue weighted by Crippen LogP contribution is 2.61. The SMILES string of the molecule is CC(C)CC1C(C(=O)OC(C#N)c2cccc(Oc3ccccc3)c2)C1(C)C. The van der Waals surface area contributed by atoms with Crippen LogP contribution in [0.4, 0.5) is 0 Å². The van der Waals surface area contributed by atoms with Gasteiger partial charge in [0.05, 0.1) is 5.92 Å². The summed E-state index contributed by atoms with van der Waals surface area (Å²) in [6.45, 7) is 8.52. The van der Waals surface area contributed by atoms with Crippen LogP contribution in [0.15, 0.2) is 54.6 Å². The van der Waals surface area contributed by atoms with Gasteiger partial charge in [0, 0.05) is 5.56 Å². The van der Waals surface area contributed by atoms with Gasteiger partial charge in [0.2, 0.25) is 6.10 Å². The van der Waals surface area contributed by atoms with Crippen molar-refractivity contribution in [3.63, 3.8) is 0 Å². The van der Waals surface area contributed by atoms with Crippen LogP contribution in [0.25, 0.3) is 0 Å². The Balaban J connectivity index is 1.70. The molecule has 3 atom stereocenters. The first-order valence-electron chi connectivity index (χ1n) is 9.76. The van der Waals surface area contributed by atoms with Gasteiger partial charge in [0.25, 0.3) is 0 Å². The molecule has 4 nitrogen and oxygen atoms in total. The van der Waals surface area contributed by atoms with Crippen molar-refractivity contribution in [1.29, 1.82) is 5.26 Å². The molecule has 0 spiro atoms. The van der Waals surface area contributed by atoms with Crippen molar-refractivity contribution in [2.24, 2.45) is 23.2 Å². The van der Waals surface area contributed by atoms with Gasteiger partial charge in [-0.3, -0.25) is 4.79 Å². The highest BCUT2D eigenvalue weighted by molar-refractivity contribution is 5.78. The van der Waals surface area contributed by atoms with Gasteiger partial charge in [0.15, 0.2) is 0 Å². The van der Waals surface area contributed by atoms with Crippen molar-refractivity contribution >= 4 is 5.97 Å². The van der Waals surface area contributed by atoms with Crippen LogP contribution in [0.2, 0.25) is 0 Å². The molecule has 0 amide bonds. The molecule has 0 saturated heterocycles. The average Bonchev–Trinajstić information content (AvgIpc) is 3.20. The molecular formula is C24H27NO3. The quantitative estimate of drug-likeness (QED) is 0.563. The maximum atomic E-state index is 12.7. The maximum Gasteiger partial charge on any atom is 0.311 e. The zero-order valence-electron chi connectivity index (χ0n) is 16.9. The lowest BCUT2D eigenvalue weighted by Crippen LogP contribution is -2.14. The number of nitriles is 1. The molecule has 1 saturated carbocycles. The molecule has 0 bridgehead atoms. The third-order valence-electron chi connectivity index (χ3n) is 5.52. The van der Waals surface area contributed by atoms with Crippen LogP contribution < -0.4 is 4.74 Å². The number of hydrogen-bond acceptors (Lipinski definition) is 4. The highest BCUT2D eigenvalue weighted by atomic mass is 16.5. The molecule has 3 rings (SSSR count). The molecule has 0 N–H and O–H groups in total. The van der Waals surface area contributed by atoms with E-state index in [1.807, 2.05) is 36.4 Å². The first kappa shape index (κ1) is 19.9. The first-order chi connectivity index (χ1) is 13.3. The summed E-state index contributed by atoms with van der Waals surface area (Å²) in [7, 11) is 0. The van der Waals surface area contributed by atoms with Crippen molar-refractivity contribution < 1.29 is 14.3 Å². The van der Waals surface area contributed by atoms with Crippen molar-refractivity contribution in [3.8, 4) is 17.6 Å². The Hall–Kier alpha value is -2.80. The Morgan fingerprint density at radius 1 is 1.11 bits per heavy atom. The summed E-state index contributed by atoms with van der Waals surface area (Å²) < 4.78 is 11.4. The predicted molar refractivity (Wildman–Crippen MR) is 108 cm³/mol. The minimum atomic E-state index is -0.942. The van der Waals surface area contributed by atoms with Gasteiger partial charge in [-0.05, 0) is 47.9 Å². The molecule has 1 aliphatic carbocycles. The molecule has 0 heterocycles. The number of para-hydroxylation sites is 1. The fourth-order valence-electron chi connectivity index (χ4n) is 3.88. The Kier molecular flexibility index (Phi) is 5.74. The number of nitrogens with zero attached hydrogens (tertiary/aromatic N) is 1. The molecule has 4 heteroatoms.